The third-order valence-electron chi connectivity index (χ3n) is 1.75. The lowest BCUT2D eigenvalue weighted by Crippen LogP contribution is -2.29. The van der Waals surface area contributed by atoms with Gasteiger partial charge in [-0.25, -0.2) is 4.79 Å². The van der Waals surface area contributed by atoms with E-state index < -0.39 is 16.2 Å². The van der Waals surface area contributed by atoms with Crippen molar-refractivity contribution in [2.24, 2.45) is 4.40 Å². The van der Waals surface area contributed by atoms with Crippen LogP contribution < -0.4 is 0 Å². The zero-order valence-corrected chi connectivity index (χ0v) is 7.87. The molecule has 0 fully saturated rings. The summed E-state index contributed by atoms with van der Waals surface area (Å²) in [6.07, 6.45) is 0.840. The van der Waals surface area contributed by atoms with Gasteiger partial charge in [0.05, 0.1) is 11.8 Å². The molecule has 0 bridgehead atoms. The fraction of sp³-hybridized carbons (Fsp3) is 0.333. The van der Waals surface area contributed by atoms with E-state index in [0.29, 0.717) is 0 Å². The van der Waals surface area contributed by atoms with Crippen LogP contribution in [0.3, 0.4) is 0 Å². The molecule has 0 unspecified atom stereocenters. The topological polar surface area (TPSA) is 87.0 Å². The molecule has 1 aliphatic rings. The molecule has 0 saturated carbocycles. The number of carboxylic acids is 1. The summed E-state index contributed by atoms with van der Waals surface area (Å²) in [5.74, 6) is -1.19. The Labute approximate surface area is 75.4 Å². The van der Waals surface area contributed by atoms with E-state index in [-0.39, 0.29) is 11.3 Å². The first-order valence-corrected chi connectivity index (χ1v) is 4.74. The third-order valence-corrected chi connectivity index (χ3v) is 3.09. The van der Waals surface area contributed by atoms with Gasteiger partial charge in [0.15, 0.2) is 0 Å². The van der Waals surface area contributed by atoms with E-state index in [1.165, 1.54) is 14.0 Å². The van der Waals surface area contributed by atoms with Crippen molar-refractivity contribution in [2.75, 3.05) is 7.05 Å². The number of allylic oxidation sites excluding steroid dienone is 1. The summed E-state index contributed by atoms with van der Waals surface area (Å²) in [5.41, 5.74) is 0.0415. The zero-order valence-electron chi connectivity index (χ0n) is 7.05. The van der Waals surface area contributed by atoms with Gasteiger partial charge >= 0.3 is 16.2 Å². The summed E-state index contributed by atoms with van der Waals surface area (Å²) in [4.78, 5) is 10.6. The van der Waals surface area contributed by atoms with Crippen molar-refractivity contribution in [3.8, 4) is 0 Å². The molecule has 0 spiro atoms. The van der Waals surface area contributed by atoms with Crippen molar-refractivity contribution in [3.63, 3.8) is 0 Å². The van der Waals surface area contributed by atoms with Gasteiger partial charge in [0, 0.05) is 12.7 Å². The maximum absolute atomic E-state index is 11.1. The quantitative estimate of drug-likeness (QED) is 0.630. The number of hydrogen-bond donors (Lipinski definition) is 1. The van der Waals surface area contributed by atoms with E-state index in [1.54, 1.807) is 0 Å². The SMILES string of the molecule is CC1=C(C(=O)O)C=NS(=O)(=O)N1C. The normalized spacial score (nSPS) is 20.6. The minimum absolute atomic E-state index is 0.114. The van der Waals surface area contributed by atoms with Gasteiger partial charge in [-0.3, -0.25) is 4.31 Å². The minimum Gasteiger partial charge on any atom is -0.478 e. The van der Waals surface area contributed by atoms with E-state index in [2.05, 4.69) is 4.40 Å². The summed E-state index contributed by atoms with van der Waals surface area (Å²) in [6.45, 7) is 1.41. The second-order valence-corrected chi connectivity index (χ2v) is 4.14. The number of nitrogens with zero attached hydrogens (tertiary/aromatic N) is 2. The Morgan fingerprint density at radius 1 is 1.62 bits per heavy atom. The highest BCUT2D eigenvalue weighted by Gasteiger charge is 2.25. The summed E-state index contributed by atoms with van der Waals surface area (Å²) in [7, 11) is -2.44. The molecule has 0 atom stereocenters. The first kappa shape index (κ1) is 9.72. The number of hydrogen-bond acceptors (Lipinski definition) is 3. The van der Waals surface area contributed by atoms with E-state index in [9.17, 15) is 13.2 Å². The largest absolute Gasteiger partial charge is 0.478 e. The van der Waals surface area contributed by atoms with Gasteiger partial charge in [-0.1, -0.05) is 0 Å². The fourth-order valence-corrected chi connectivity index (χ4v) is 1.66. The van der Waals surface area contributed by atoms with Crippen LogP contribution in [0.5, 0.6) is 0 Å². The van der Waals surface area contributed by atoms with Gasteiger partial charge in [-0.2, -0.15) is 12.8 Å². The van der Waals surface area contributed by atoms with E-state index in [4.69, 9.17) is 5.11 Å². The maximum atomic E-state index is 11.1. The molecule has 13 heavy (non-hydrogen) atoms. The van der Waals surface area contributed by atoms with Crippen molar-refractivity contribution in [1.82, 2.24) is 4.31 Å². The number of rotatable bonds is 1. The molecule has 0 saturated heterocycles. The van der Waals surface area contributed by atoms with E-state index >= 15 is 0 Å². The van der Waals surface area contributed by atoms with Crippen LogP contribution in [0.2, 0.25) is 0 Å². The molecule has 0 aromatic carbocycles. The van der Waals surface area contributed by atoms with Crippen molar-refractivity contribution >= 4 is 22.4 Å². The monoisotopic (exact) mass is 204 g/mol. The molecule has 7 heteroatoms. The molecule has 0 aliphatic carbocycles. The summed E-state index contributed by atoms with van der Waals surface area (Å²) < 4.78 is 26.1. The molecule has 6 nitrogen and oxygen atoms in total. The number of carbonyl (C=O) groups is 1. The lowest BCUT2D eigenvalue weighted by Gasteiger charge is -2.20. The predicted octanol–water partition coefficient (Wildman–Crippen LogP) is -0.394. The van der Waals surface area contributed by atoms with Crippen molar-refractivity contribution in [2.45, 2.75) is 6.92 Å². The molecule has 1 heterocycles. The Balaban J connectivity index is 3.27. The summed E-state index contributed by atoms with van der Waals surface area (Å²) >= 11 is 0. The average molecular weight is 204 g/mol. The Bertz CT molecular complexity index is 406. The Kier molecular flexibility index (Phi) is 2.12. The van der Waals surface area contributed by atoms with Gasteiger partial charge in [0.2, 0.25) is 0 Å². The van der Waals surface area contributed by atoms with Gasteiger partial charge < -0.3 is 5.11 Å². The standard InChI is InChI=1S/C6H8N2O4S/c1-4-5(6(9)10)3-7-13(11,12)8(4)2/h3H,1-2H3,(H,9,10). The van der Waals surface area contributed by atoms with Gasteiger partial charge in [-0.15, -0.1) is 0 Å². The van der Waals surface area contributed by atoms with Gasteiger partial charge in [0.25, 0.3) is 0 Å². The van der Waals surface area contributed by atoms with Crippen LogP contribution in [0.4, 0.5) is 0 Å². The number of aliphatic carboxylic acids is 1. The fourth-order valence-electron chi connectivity index (χ4n) is 0.836. The molecule has 1 aliphatic heterocycles. The van der Waals surface area contributed by atoms with Crippen LogP contribution >= 0.6 is 0 Å². The van der Waals surface area contributed by atoms with E-state index in [1.807, 2.05) is 0 Å². The van der Waals surface area contributed by atoms with Crippen LogP contribution in [0.1, 0.15) is 6.92 Å². The molecule has 0 amide bonds. The zero-order chi connectivity index (χ0) is 10.2. The minimum atomic E-state index is -3.70. The molecule has 0 aromatic rings. The maximum Gasteiger partial charge on any atom is 0.344 e. The molecular formula is C6H8N2O4S. The lowest BCUT2D eigenvalue weighted by atomic mass is 10.2. The van der Waals surface area contributed by atoms with Crippen molar-refractivity contribution < 1.29 is 18.3 Å². The highest BCUT2D eigenvalue weighted by atomic mass is 32.2. The van der Waals surface area contributed by atoms with Crippen LogP contribution in [-0.2, 0) is 15.0 Å². The summed E-state index contributed by atoms with van der Waals surface area (Å²) in [6, 6.07) is 0. The van der Waals surface area contributed by atoms with E-state index in [0.717, 1.165) is 10.5 Å². The summed E-state index contributed by atoms with van der Waals surface area (Å²) in [5, 5.41) is 8.63. The van der Waals surface area contributed by atoms with Crippen LogP contribution in [0.25, 0.3) is 0 Å². The highest BCUT2D eigenvalue weighted by Crippen LogP contribution is 2.17. The Hall–Kier alpha value is -1.37. The number of carboxylic acid groups (broad SMARTS) is 1. The predicted molar refractivity (Wildman–Crippen MR) is 45.5 cm³/mol. The average Bonchev–Trinajstić information content (AvgIpc) is 2.00. The first-order valence-electron chi connectivity index (χ1n) is 3.34. The second-order valence-electron chi connectivity index (χ2n) is 2.48. The second kappa shape index (κ2) is 2.84. The van der Waals surface area contributed by atoms with Crippen LogP contribution in [-0.4, -0.2) is 37.1 Å². The van der Waals surface area contributed by atoms with Gasteiger partial charge in [0.1, 0.15) is 0 Å². The molecule has 1 rings (SSSR count). The first-order chi connectivity index (χ1) is 5.86. The molecule has 72 valence electrons. The molecule has 1 N–H and O–H groups in total. The Morgan fingerprint density at radius 3 is 2.62 bits per heavy atom. The van der Waals surface area contributed by atoms with Crippen molar-refractivity contribution in [3.05, 3.63) is 11.3 Å². The highest BCUT2D eigenvalue weighted by molar-refractivity contribution is 7.88. The smallest absolute Gasteiger partial charge is 0.344 e. The van der Waals surface area contributed by atoms with Gasteiger partial charge in [-0.05, 0) is 6.92 Å². The van der Waals surface area contributed by atoms with Crippen molar-refractivity contribution in [1.29, 1.82) is 0 Å². The lowest BCUT2D eigenvalue weighted by molar-refractivity contribution is -0.132. The van der Waals surface area contributed by atoms with Crippen LogP contribution in [0.15, 0.2) is 15.7 Å². The Morgan fingerprint density at radius 2 is 2.15 bits per heavy atom. The molecule has 0 radical (unpaired) electrons. The van der Waals surface area contributed by atoms with Crippen LogP contribution in [0, 0.1) is 0 Å². The third kappa shape index (κ3) is 1.55. The molecule has 0 aromatic heterocycles. The molecular weight excluding hydrogens is 196 g/mol.